The van der Waals surface area contributed by atoms with Gasteiger partial charge in [0.25, 0.3) is 0 Å². The first-order chi connectivity index (χ1) is 14.5. The molecular weight excluding hydrogens is 370 g/mol. The summed E-state index contributed by atoms with van der Waals surface area (Å²) < 4.78 is 5.46. The maximum atomic E-state index is 11.7. The van der Waals surface area contributed by atoms with E-state index in [0.29, 0.717) is 12.2 Å². The molecule has 0 N–H and O–H groups in total. The van der Waals surface area contributed by atoms with Gasteiger partial charge >= 0.3 is 5.97 Å². The molecule has 0 fully saturated rings. The fourth-order valence-electron chi connectivity index (χ4n) is 3.54. The van der Waals surface area contributed by atoms with Gasteiger partial charge in [-0.15, -0.1) is 0 Å². The Morgan fingerprint density at radius 1 is 0.767 bits per heavy atom. The first kappa shape index (κ1) is 19.7. The maximum Gasteiger partial charge on any atom is 0.310 e. The number of ether oxygens (including phenoxy) is 1. The van der Waals surface area contributed by atoms with E-state index in [2.05, 4.69) is 84.6 Å². The second-order valence-electron chi connectivity index (χ2n) is 7.48. The molecular formula is C27H25NO2. The van der Waals surface area contributed by atoms with E-state index in [1.807, 2.05) is 19.1 Å². The van der Waals surface area contributed by atoms with E-state index in [1.165, 1.54) is 16.3 Å². The predicted molar refractivity (Wildman–Crippen MR) is 124 cm³/mol. The molecule has 30 heavy (non-hydrogen) atoms. The van der Waals surface area contributed by atoms with Gasteiger partial charge in [0, 0.05) is 23.5 Å². The molecule has 0 aromatic heterocycles. The first-order valence-electron chi connectivity index (χ1n) is 10.2. The van der Waals surface area contributed by atoms with Gasteiger partial charge in [-0.25, -0.2) is 0 Å². The second kappa shape index (κ2) is 8.42. The molecule has 0 saturated carbocycles. The van der Waals surface area contributed by atoms with Crippen molar-refractivity contribution in [2.24, 2.45) is 0 Å². The summed E-state index contributed by atoms with van der Waals surface area (Å²) in [5.41, 5.74) is 5.31. The molecule has 0 amide bonds. The van der Waals surface area contributed by atoms with Crippen LogP contribution in [0.25, 0.3) is 10.8 Å². The van der Waals surface area contributed by atoms with E-state index >= 15 is 0 Å². The highest BCUT2D eigenvalue weighted by Crippen LogP contribution is 2.37. The molecule has 4 rings (SSSR count). The molecule has 0 aliphatic carbocycles. The van der Waals surface area contributed by atoms with Crippen LogP contribution in [0.1, 0.15) is 24.5 Å². The van der Waals surface area contributed by atoms with Crippen molar-refractivity contribution >= 4 is 33.8 Å². The van der Waals surface area contributed by atoms with Crippen molar-refractivity contribution in [2.45, 2.75) is 27.2 Å². The Morgan fingerprint density at radius 3 is 2.10 bits per heavy atom. The van der Waals surface area contributed by atoms with Crippen LogP contribution in [-0.4, -0.2) is 5.97 Å². The van der Waals surface area contributed by atoms with Crippen LogP contribution >= 0.6 is 0 Å². The molecule has 0 bridgehead atoms. The van der Waals surface area contributed by atoms with E-state index in [4.69, 9.17) is 4.74 Å². The Bertz CT molecular complexity index is 1200. The first-order valence-corrected chi connectivity index (χ1v) is 10.2. The van der Waals surface area contributed by atoms with Crippen LogP contribution in [0.3, 0.4) is 0 Å². The minimum absolute atomic E-state index is 0.226. The fourth-order valence-corrected chi connectivity index (χ4v) is 3.54. The Balaban J connectivity index is 1.82. The van der Waals surface area contributed by atoms with Crippen molar-refractivity contribution in [3.8, 4) is 5.75 Å². The quantitative estimate of drug-likeness (QED) is 0.263. The van der Waals surface area contributed by atoms with E-state index in [-0.39, 0.29) is 5.97 Å². The number of esters is 1. The number of hydrogen-bond donors (Lipinski definition) is 0. The van der Waals surface area contributed by atoms with Gasteiger partial charge in [-0.2, -0.15) is 0 Å². The molecule has 0 atom stereocenters. The molecule has 0 aliphatic rings. The van der Waals surface area contributed by atoms with Crippen LogP contribution < -0.4 is 9.64 Å². The van der Waals surface area contributed by atoms with Crippen molar-refractivity contribution in [2.75, 3.05) is 4.90 Å². The van der Waals surface area contributed by atoms with E-state index in [0.717, 1.165) is 22.6 Å². The summed E-state index contributed by atoms with van der Waals surface area (Å²) in [6.45, 7) is 5.85. The summed E-state index contributed by atoms with van der Waals surface area (Å²) >= 11 is 0. The molecule has 0 heterocycles. The van der Waals surface area contributed by atoms with E-state index in [1.54, 1.807) is 6.92 Å². The lowest BCUT2D eigenvalue weighted by molar-refractivity contribution is -0.134. The molecule has 0 unspecified atom stereocenters. The summed E-state index contributed by atoms with van der Waals surface area (Å²) in [6, 6.07) is 29.3. The fraction of sp³-hybridized carbons (Fsp3) is 0.148. The highest BCUT2D eigenvalue weighted by molar-refractivity contribution is 5.89. The third-order valence-corrected chi connectivity index (χ3v) is 5.21. The Labute approximate surface area is 177 Å². The second-order valence-corrected chi connectivity index (χ2v) is 7.48. The van der Waals surface area contributed by atoms with Crippen molar-refractivity contribution in [1.29, 1.82) is 0 Å². The standard InChI is InChI=1S/C27H25NO2/c1-4-27(29)30-26-16-15-24(17-20(26)3)28(23-12-9-19(2)10-13-23)25-14-11-21-7-5-6-8-22(21)18-25/h5-18H,4H2,1-3H3. The molecule has 0 saturated heterocycles. The Morgan fingerprint density at radius 2 is 1.40 bits per heavy atom. The van der Waals surface area contributed by atoms with Gasteiger partial charge in [-0.1, -0.05) is 55.0 Å². The lowest BCUT2D eigenvalue weighted by atomic mass is 10.1. The zero-order valence-corrected chi connectivity index (χ0v) is 17.6. The number of carbonyl (C=O) groups is 1. The number of carbonyl (C=O) groups excluding carboxylic acids is 1. The SMILES string of the molecule is CCC(=O)Oc1ccc(N(c2ccc(C)cc2)c2ccc3ccccc3c2)cc1C. The third-order valence-electron chi connectivity index (χ3n) is 5.21. The minimum Gasteiger partial charge on any atom is -0.426 e. The molecule has 4 aromatic carbocycles. The van der Waals surface area contributed by atoms with Gasteiger partial charge in [-0.05, 0) is 72.6 Å². The number of nitrogens with zero attached hydrogens (tertiary/aromatic N) is 1. The summed E-state index contributed by atoms with van der Waals surface area (Å²) in [6.07, 6.45) is 0.355. The molecule has 0 aliphatic heterocycles. The summed E-state index contributed by atoms with van der Waals surface area (Å²) in [5.74, 6) is 0.378. The number of anilines is 3. The average Bonchev–Trinajstić information content (AvgIpc) is 2.77. The predicted octanol–water partition coefficient (Wildman–Crippen LogP) is 7.24. The van der Waals surface area contributed by atoms with Crippen molar-refractivity contribution < 1.29 is 9.53 Å². The Hall–Kier alpha value is -3.59. The van der Waals surface area contributed by atoms with Crippen LogP contribution in [0, 0.1) is 13.8 Å². The number of aryl methyl sites for hydroxylation is 2. The van der Waals surface area contributed by atoms with E-state index in [9.17, 15) is 4.79 Å². The molecule has 0 spiro atoms. The van der Waals surface area contributed by atoms with Gasteiger partial charge in [0.05, 0.1) is 0 Å². The maximum absolute atomic E-state index is 11.7. The molecule has 0 radical (unpaired) electrons. The topological polar surface area (TPSA) is 29.5 Å². The summed E-state index contributed by atoms with van der Waals surface area (Å²) in [7, 11) is 0. The normalized spacial score (nSPS) is 10.8. The van der Waals surface area contributed by atoms with Crippen molar-refractivity contribution in [1.82, 2.24) is 0 Å². The largest absolute Gasteiger partial charge is 0.426 e. The van der Waals surface area contributed by atoms with Crippen molar-refractivity contribution in [3.63, 3.8) is 0 Å². The van der Waals surface area contributed by atoms with Gasteiger partial charge in [-0.3, -0.25) is 4.79 Å². The third kappa shape index (κ3) is 4.06. The minimum atomic E-state index is -0.226. The molecule has 3 nitrogen and oxygen atoms in total. The number of fused-ring (bicyclic) bond motifs is 1. The number of hydrogen-bond acceptors (Lipinski definition) is 3. The Kier molecular flexibility index (Phi) is 5.53. The van der Waals surface area contributed by atoms with Crippen molar-refractivity contribution in [3.05, 3.63) is 96.1 Å². The van der Waals surface area contributed by atoms with Crippen LogP contribution in [0.4, 0.5) is 17.1 Å². The molecule has 4 aromatic rings. The van der Waals surface area contributed by atoms with Crippen LogP contribution in [0.15, 0.2) is 84.9 Å². The molecule has 3 heteroatoms. The number of benzene rings is 4. The summed E-state index contributed by atoms with van der Waals surface area (Å²) in [5, 5.41) is 2.40. The summed E-state index contributed by atoms with van der Waals surface area (Å²) in [4.78, 5) is 13.9. The average molecular weight is 396 g/mol. The zero-order valence-electron chi connectivity index (χ0n) is 17.6. The van der Waals surface area contributed by atoms with Gasteiger partial charge < -0.3 is 9.64 Å². The van der Waals surface area contributed by atoms with Crippen LogP contribution in [0.5, 0.6) is 5.75 Å². The van der Waals surface area contributed by atoms with Crippen LogP contribution in [-0.2, 0) is 4.79 Å². The zero-order chi connectivity index (χ0) is 21.1. The van der Waals surface area contributed by atoms with E-state index < -0.39 is 0 Å². The van der Waals surface area contributed by atoms with Gasteiger partial charge in [0.1, 0.15) is 5.75 Å². The van der Waals surface area contributed by atoms with Crippen LogP contribution in [0.2, 0.25) is 0 Å². The monoisotopic (exact) mass is 395 g/mol. The van der Waals surface area contributed by atoms with Gasteiger partial charge in [0.15, 0.2) is 0 Å². The smallest absolute Gasteiger partial charge is 0.310 e. The lowest BCUT2D eigenvalue weighted by Gasteiger charge is -2.26. The van der Waals surface area contributed by atoms with Gasteiger partial charge in [0.2, 0.25) is 0 Å². The number of rotatable bonds is 5. The lowest BCUT2D eigenvalue weighted by Crippen LogP contribution is -2.11. The highest BCUT2D eigenvalue weighted by Gasteiger charge is 2.15. The highest BCUT2D eigenvalue weighted by atomic mass is 16.5. The molecule has 150 valence electrons.